The van der Waals surface area contributed by atoms with Crippen LogP contribution >= 0.6 is 0 Å². The Balaban J connectivity index is 3.11. The molecule has 0 aromatic carbocycles. The van der Waals surface area contributed by atoms with E-state index < -0.39 is 6.10 Å². The van der Waals surface area contributed by atoms with Crippen LogP contribution in [0.1, 0.15) is 13.3 Å². The predicted molar refractivity (Wildman–Crippen MR) is 41.7 cm³/mol. The van der Waals surface area contributed by atoms with Crippen molar-refractivity contribution in [1.29, 1.82) is 0 Å². The third-order valence-corrected chi connectivity index (χ3v) is 1.69. The van der Waals surface area contributed by atoms with Crippen LogP contribution in [-0.4, -0.2) is 27.2 Å². The Morgan fingerprint density at radius 3 is 2.67 bits per heavy atom. The molecular weight excluding hydrogens is 160 g/mol. The van der Waals surface area contributed by atoms with E-state index in [1.165, 1.54) is 6.92 Å². The Labute approximate surface area is 69.5 Å². The molecule has 0 saturated heterocycles. The lowest BCUT2D eigenvalue weighted by atomic mass is 9.95. The lowest BCUT2D eigenvalue weighted by molar-refractivity contribution is -0.116. The maximum absolute atomic E-state index is 10.8. The van der Waals surface area contributed by atoms with Gasteiger partial charge in [-0.2, -0.15) is 0 Å². The molecule has 0 aliphatic heterocycles. The maximum Gasteiger partial charge on any atom is 0.162 e. The van der Waals surface area contributed by atoms with E-state index in [2.05, 4.69) is 0 Å². The minimum atomic E-state index is -1.09. The van der Waals surface area contributed by atoms with Crippen molar-refractivity contribution in [2.24, 2.45) is 0 Å². The first-order valence-electron chi connectivity index (χ1n) is 3.54. The van der Waals surface area contributed by atoms with E-state index in [0.29, 0.717) is 0 Å². The normalized spacial score (nSPS) is 28.3. The quantitative estimate of drug-likeness (QED) is 0.465. The number of aliphatic hydroxyl groups excluding tert-OH is 3. The zero-order chi connectivity index (χ0) is 9.30. The lowest BCUT2D eigenvalue weighted by Gasteiger charge is -2.17. The fourth-order valence-corrected chi connectivity index (χ4v) is 1.18. The van der Waals surface area contributed by atoms with Crippen molar-refractivity contribution in [2.75, 3.05) is 0 Å². The first-order chi connectivity index (χ1) is 5.52. The van der Waals surface area contributed by atoms with E-state index in [1.54, 1.807) is 0 Å². The van der Waals surface area contributed by atoms with E-state index in [1.807, 2.05) is 0 Å². The summed E-state index contributed by atoms with van der Waals surface area (Å²) in [5, 5.41) is 27.4. The summed E-state index contributed by atoms with van der Waals surface area (Å²) in [6.07, 6.45) is -0.175. The van der Waals surface area contributed by atoms with E-state index >= 15 is 0 Å². The molecule has 1 aliphatic rings. The SMILES string of the molecule is CC(O)=C1C(O)=CC(=O)CC1O. The van der Waals surface area contributed by atoms with Crippen LogP contribution in [0.2, 0.25) is 0 Å². The zero-order valence-electron chi connectivity index (χ0n) is 6.61. The maximum atomic E-state index is 10.8. The van der Waals surface area contributed by atoms with Crippen LogP contribution in [0.4, 0.5) is 0 Å². The van der Waals surface area contributed by atoms with E-state index in [0.717, 1.165) is 6.08 Å². The summed E-state index contributed by atoms with van der Waals surface area (Å²) in [7, 11) is 0. The summed E-state index contributed by atoms with van der Waals surface area (Å²) >= 11 is 0. The van der Waals surface area contributed by atoms with Crippen molar-refractivity contribution in [3.05, 3.63) is 23.2 Å². The van der Waals surface area contributed by atoms with E-state index in [-0.39, 0.29) is 29.3 Å². The molecule has 0 radical (unpaired) electrons. The van der Waals surface area contributed by atoms with E-state index in [4.69, 9.17) is 10.2 Å². The van der Waals surface area contributed by atoms with Crippen LogP contribution in [0.25, 0.3) is 0 Å². The molecule has 3 N–H and O–H groups in total. The highest BCUT2D eigenvalue weighted by Gasteiger charge is 2.25. The summed E-state index contributed by atoms with van der Waals surface area (Å²) in [6, 6.07) is 0. The van der Waals surface area contributed by atoms with Gasteiger partial charge in [0.1, 0.15) is 5.76 Å². The molecule has 0 aromatic rings. The molecule has 0 saturated carbocycles. The van der Waals surface area contributed by atoms with Crippen LogP contribution in [-0.2, 0) is 4.79 Å². The summed E-state index contributed by atoms with van der Waals surface area (Å²) in [4.78, 5) is 10.8. The zero-order valence-corrected chi connectivity index (χ0v) is 6.61. The second-order valence-corrected chi connectivity index (χ2v) is 2.71. The molecule has 1 unspecified atom stereocenters. The van der Waals surface area contributed by atoms with Crippen LogP contribution in [0.15, 0.2) is 23.2 Å². The monoisotopic (exact) mass is 170 g/mol. The number of allylic oxidation sites excluding steroid dienone is 2. The van der Waals surface area contributed by atoms with Crippen molar-refractivity contribution >= 4 is 5.78 Å². The summed E-state index contributed by atoms with van der Waals surface area (Å²) in [5.41, 5.74) is 0.0367. The molecule has 4 heteroatoms. The van der Waals surface area contributed by atoms with Gasteiger partial charge in [-0.15, -0.1) is 0 Å². The fourth-order valence-electron chi connectivity index (χ4n) is 1.18. The van der Waals surface area contributed by atoms with Gasteiger partial charge in [0.15, 0.2) is 5.78 Å². The van der Waals surface area contributed by atoms with Crippen LogP contribution in [0, 0.1) is 0 Å². The fraction of sp³-hybridized carbons (Fsp3) is 0.375. The third-order valence-electron chi connectivity index (χ3n) is 1.69. The molecule has 0 spiro atoms. The molecule has 0 heterocycles. The van der Waals surface area contributed by atoms with Crippen molar-refractivity contribution in [1.82, 2.24) is 0 Å². The number of aliphatic hydroxyl groups is 3. The van der Waals surface area contributed by atoms with E-state index in [9.17, 15) is 9.90 Å². The van der Waals surface area contributed by atoms with Gasteiger partial charge in [-0.1, -0.05) is 0 Å². The highest BCUT2D eigenvalue weighted by atomic mass is 16.3. The second-order valence-electron chi connectivity index (χ2n) is 2.71. The minimum absolute atomic E-state index is 0.0367. The summed E-state index contributed by atoms with van der Waals surface area (Å²) in [6.45, 7) is 1.35. The Bertz CT molecular complexity index is 271. The van der Waals surface area contributed by atoms with Crippen LogP contribution in [0.3, 0.4) is 0 Å². The molecule has 1 aliphatic carbocycles. The first-order valence-corrected chi connectivity index (χ1v) is 3.54. The molecule has 0 amide bonds. The first kappa shape index (κ1) is 8.80. The number of hydrogen-bond acceptors (Lipinski definition) is 4. The highest BCUT2D eigenvalue weighted by Crippen LogP contribution is 2.22. The summed E-state index contributed by atoms with van der Waals surface area (Å²) < 4.78 is 0. The molecular formula is C8H10O4. The third kappa shape index (κ3) is 1.48. The van der Waals surface area contributed by atoms with Gasteiger partial charge in [0.05, 0.1) is 17.4 Å². The number of carbonyl (C=O) groups excluding carboxylic acids is 1. The summed E-state index contributed by atoms with van der Waals surface area (Å²) in [5.74, 6) is -0.854. The Morgan fingerprint density at radius 1 is 1.67 bits per heavy atom. The van der Waals surface area contributed by atoms with Crippen molar-refractivity contribution in [3.63, 3.8) is 0 Å². The topological polar surface area (TPSA) is 77.8 Å². The molecule has 1 rings (SSSR count). The van der Waals surface area contributed by atoms with Gasteiger partial charge in [0.2, 0.25) is 0 Å². The standard InChI is InChI=1S/C8H10O4/c1-4(9)8-6(11)2-5(10)3-7(8)12/h2,7,9,11-12H,3H2,1H3. The van der Waals surface area contributed by atoms with Gasteiger partial charge >= 0.3 is 0 Å². The molecule has 1 atom stereocenters. The van der Waals surface area contributed by atoms with Crippen molar-refractivity contribution in [2.45, 2.75) is 19.4 Å². The Hall–Kier alpha value is -1.29. The minimum Gasteiger partial charge on any atom is -0.512 e. The van der Waals surface area contributed by atoms with Crippen molar-refractivity contribution in [3.8, 4) is 0 Å². The molecule has 66 valence electrons. The smallest absolute Gasteiger partial charge is 0.162 e. The van der Waals surface area contributed by atoms with Gasteiger partial charge < -0.3 is 15.3 Å². The van der Waals surface area contributed by atoms with Crippen LogP contribution < -0.4 is 0 Å². The van der Waals surface area contributed by atoms with Crippen LogP contribution in [0.5, 0.6) is 0 Å². The van der Waals surface area contributed by atoms with Gasteiger partial charge in [0, 0.05) is 12.5 Å². The Morgan fingerprint density at radius 2 is 2.25 bits per heavy atom. The largest absolute Gasteiger partial charge is 0.512 e. The molecule has 4 nitrogen and oxygen atoms in total. The average Bonchev–Trinajstić information content (AvgIpc) is 1.82. The number of carbonyl (C=O) groups is 1. The van der Waals surface area contributed by atoms with Gasteiger partial charge in [-0.25, -0.2) is 0 Å². The van der Waals surface area contributed by atoms with Crippen molar-refractivity contribution < 1.29 is 20.1 Å². The molecule has 12 heavy (non-hydrogen) atoms. The Kier molecular flexibility index (Phi) is 2.19. The second kappa shape index (κ2) is 2.98. The number of hydrogen-bond donors (Lipinski definition) is 3. The van der Waals surface area contributed by atoms with Gasteiger partial charge in [0.25, 0.3) is 0 Å². The molecule has 0 fully saturated rings. The number of rotatable bonds is 0. The highest BCUT2D eigenvalue weighted by molar-refractivity contribution is 5.93. The predicted octanol–water partition coefficient (Wildman–Crippen LogP) is 0.594. The average molecular weight is 170 g/mol. The van der Waals surface area contributed by atoms with Gasteiger partial charge in [-0.05, 0) is 6.92 Å². The molecule has 0 bridgehead atoms. The number of ketones is 1. The lowest BCUT2D eigenvalue weighted by Crippen LogP contribution is -2.22. The molecule has 0 aromatic heterocycles. The van der Waals surface area contributed by atoms with Gasteiger partial charge in [-0.3, -0.25) is 4.79 Å².